The third-order valence-corrected chi connectivity index (χ3v) is 3.28. The van der Waals surface area contributed by atoms with Crippen LogP contribution < -0.4 is 0 Å². The summed E-state index contributed by atoms with van der Waals surface area (Å²) in [6, 6.07) is 0. The number of ether oxygens (including phenoxy) is 2. The summed E-state index contributed by atoms with van der Waals surface area (Å²) in [5, 5.41) is 0. The molecule has 1 unspecified atom stereocenters. The van der Waals surface area contributed by atoms with E-state index in [-0.39, 0.29) is 0 Å². The van der Waals surface area contributed by atoms with Crippen LogP contribution in [0.25, 0.3) is 0 Å². The normalized spacial score (nSPS) is 14.1. The van der Waals surface area contributed by atoms with Crippen molar-refractivity contribution in [2.24, 2.45) is 11.3 Å². The van der Waals surface area contributed by atoms with Gasteiger partial charge in [0.15, 0.2) is 0 Å². The molecule has 0 heterocycles. The van der Waals surface area contributed by atoms with Gasteiger partial charge in [0.2, 0.25) is 0 Å². The molecule has 0 aromatic carbocycles. The van der Waals surface area contributed by atoms with Crippen molar-refractivity contribution in [1.82, 2.24) is 0 Å². The molecule has 0 saturated carbocycles. The third kappa shape index (κ3) is 15.9. The van der Waals surface area contributed by atoms with Crippen molar-refractivity contribution in [3.05, 3.63) is 0 Å². The second-order valence-corrected chi connectivity index (χ2v) is 7.23. The molecule has 0 aliphatic rings. The molecule has 0 amide bonds. The van der Waals surface area contributed by atoms with Crippen LogP contribution in [0.5, 0.6) is 0 Å². The molecule has 0 saturated heterocycles. The highest BCUT2D eigenvalue weighted by atomic mass is 16.5. The summed E-state index contributed by atoms with van der Waals surface area (Å²) in [4.78, 5) is 0. The van der Waals surface area contributed by atoms with E-state index >= 15 is 0 Å². The minimum absolute atomic E-state index is 0.353. The Morgan fingerprint density at radius 1 is 0.842 bits per heavy atom. The van der Waals surface area contributed by atoms with E-state index in [1.54, 1.807) is 0 Å². The minimum Gasteiger partial charge on any atom is -0.381 e. The lowest BCUT2D eigenvalue weighted by Crippen LogP contribution is -2.10. The van der Waals surface area contributed by atoms with E-state index in [2.05, 4.69) is 41.5 Å². The lowest BCUT2D eigenvalue weighted by Gasteiger charge is -2.17. The van der Waals surface area contributed by atoms with Gasteiger partial charge in [0, 0.05) is 19.8 Å². The predicted octanol–water partition coefficient (Wildman–Crippen LogP) is 5.06. The Bertz CT molecular complexity index is 194. The number of unbranched alkanes of at least 4 members (excludes halogenated alkanes) is 1. The van der Waals surface area contributed by atoms with Gasteiger partial charge in [0.1, 0.15) is 0 Å². The quantitative estimate of drug-likeness (QED) is 0.489. The van der Waals surface area contributed by atoms with Crippen molar-refractivity contribution in [2.75, 3.05) is 19.8 Å². The summed E-state index contributed by atoms with van der Waals surface area (Å²) in [5.41, 5.74) is 0.463. The van der Waals surface area contributed by atoms with Crippen molar-refractivity contribution >= 4 is 0 Å². The van der Waals surface area contributed by atoms with Gasteiger partial charge < -0.3 is 9.47 Å². The molecule has 0 aliphatic heterocycles. The van der Waals surface area contributed by atoms with Gasteiger partial charge in [-0.1, -0.05) is 34.1 Å². The molecule has 0 rings (SSSR count). The molecule has 0 aliphatic carbocycles. The van der Waals surface area contributed by atoms with E-state index in [1.807, 2.05) is 0 Å². The SMILES string of the molecule is CC(CCOCCCCC(C)(C)C)CCOC(C)C. The van der Waals surface area contributed by atoms with Crippen molar-refractivity contribution in [2.45, 2.75) is 79.8 Å². The largest absolute Gasteiger partial charge is 0.381 e. The van der Waals surface area contributed by atoms with Crippen LogP contribution in [0, 0.1) is 11.3 Å². The molecule has 0 N–H and O–H groups in total. The van der Waals surface area contributed by atoms with Crippen LogP contribution in [0.2, 0.25) is 0 Å². The zero-order chi connectivity index (χ0) is 14.7. The molecular weight excluding hydrogens is 236 g/mol. The zero-order valence-corrected chi connectivity index (χ0v) is 14.1. The molecule has 0 spiro atoms. The first-order valence-electron chi connectivity index (χ1n) is 8.00. The van der Waals surface area contributed by atoms with Crippen LogP contribution in [-0.2, 0) is 9.47 Å². The van der Waals surface area contributed by atoms with Gasteiger partial charge in [-0.2, -0.15) is 0 Å². The van der Waals surface area contributed by atoms with Crippen molar-refractivity contribution in [3.8, 4) is 0 Å². The Labute approximate surface area is 121 Å². The van der Waals surface area contributed by atoms with Gasteiger partial charge in [-0.05, 0) is 50.9 Å². The Morgan fingerprint density at radius 2 is 1.47 bits per heavy atom. The summed E-state index contributed by atoms with van der Waals surface area (Å²) in [6.07, 6.45) is 6.42. The molecule has 0 bridgehead atoms. The fraction of sp³-hybridized carbons (Fsp3) is 1.00. The summed E-state index contributed by atoms with van der Waals surface area (Å²) in [5.74, 6) is 0.702. The number of hydrogen-bond acceptors (Lipinski definition) is 2. The summed E-state index contributed by atoms with van der Waals surface area (Å²) < 4.78 is 11.3. The van der Waals surface area contributed by atoms with Gasteiger partial charge >= 0.3 is 0 Å². The highest BCUT2D eigenvalue weighted by Gasteiger charge is 2.08. The average Bonchev–Trinajstić information content (AvgIpc) is 2.25. The first-order valence-corrected chi connectivity index (χ1v) is 8.00. The lowest BCUT2D eigenvalue weighted by atomic mass is 9.90. The van der Waals surface area contributed by atoms with Crippen molar-refractivity contribution in [3.63, 3.8) is 0 Å². The maximum atomic E-state index is 5.71. The van der Waals surface area contributed by atoms with Crippen LogP contribution in [0.1, 0.15) is 73.6 Å². The fourth-order valence-corrected chi connectivity index (χ4v) is 1.90. The summed E-state index contributed by atoms with van der Waals surface area (Å²) >= 11 is 0. The Balaban J connectivity index is 3.25. The van der Waals surface area contributed by atoms with Gasteiger partial charge in [0.05, 0.1) is 6.10 Å². The van der Waals surface area contributed by atoms with Crippen LogP contribution in [0.15, 0.2) is 0 Å². The van der Waals surface area contributed by atoms with Crippen molar-refractivity contribution < 1.29 is 9.47 Å². The fourth-order valence-electron chi connectivity index (χ4n) is 1.90. The third-order valence-electron chi connectivity index (χ3n) is 3.28. The molecule has 0 aromatic heterocycles. The highest BCUT2D eigenvalue weighted by Crippen LogP contribution is 2.21. The maximum Gasteiger partial charge on any atom is 0.0518 e. The van der Waals surface area contributed by atoms with Crippen LogP contribution >= 0.6 is 0 Å². The second-order valence-electron chi connectivity index (χ2n) is 7.23. The van der Waals surface area contributed by atoms with E-state index in [9.17, 15) is 0 Å². The Hall–Kier alpha value is -0.0800. The monoisotopic (exact) mass is 272 g/mol. The molecule has 2 heteroatoms. The summed E-state index contributed by atoms with van der Waals surface area (Å²) in [6.45, 7) is 16.1. The van der Waals surface area contributed by atoms with Crippen LogP contribution in [-0.4, -0.2) is 25.9 Å². The first kappa shape index (κ1) is 18.9. The van der Waals surface area contributed by atoms with E-state index < -0.39 is 0 Å². The van der Waals surface area contributed by atoms with E-state index in [0.717, 1.165) is 32.7 Å². The molecule has 2 nitrogen and oxygen atoms in total. The molecule has 1 atom stereocenters. The van der Waals surface area contributed by atoms with Gasteiger partial charge in [-0.15, -0.1) is 0 Å². The molecular formula is C17H36O2. The second kappa shape index (κ2) is 10.7. The average molecular weight is 272 g/mol. The minimum atomic E-state index is 0.353. The van der Waals surface area contributed by atoms with Gasteiger partial charge in [-0.3, -0.25) is 0 Å². The molecule has 116 valence electrons. The first-order chi connectivity index (χ1) is 8.81. The number of rotatable bonds is 11. The predicted molar refractivity (Wildman–Crippen MR) is 83.6 cm³/mol. The lowest BCUT2D eigenvalue weighted by molar-refractivity contribution is 0.0630. The Morgan fingerprint density at radius 3 is 2.05 bits per heavy atom. The van der Waals surface area contributed by atoms with E-state index in [4.69, 9.17) is 9.47 Å². The standard InChI is InChI=1S/C17H36O2/c1-15(2)19-14-10-16(3)9-13-18-12-8-7-11-17(4,5)6/h15-16H,7-14H2,1-6H3. The smallest absolute Gasteiger partial charge is 0.0518 e. The molecule has 19 heavy (non-hydrogen) atoms. The van der Waals surface area contributed by atoms with Gasteiger partial charge in [-0.25, -0.2) is 0 Å². The topological polar surface area (TPSA) is 18.5 Å². The van der Waals surface area contributed by atoms with Crippen molar-refractivity contribution in [1.29, 1.82) is 0 Å². The van der Waals surface area contributed by atoms with Crippen LogP contribution in [0.3, 0.4) is 0 Å². The maximum absolute atomic E-state index is 5.71. The molecule has 0 radical (unpaired) electrons. The number of hydrogen-bond donors (Lipinski definition) is 0. The Kier molecular flexibility index (Phi) is 10.6. The van der Waals surface area contributed by atoms with E-state index in [0.29, 0.717) is 17.4 Å². The molecule has 0 fully saturated rings. The van der Waals surface area contributed by atoms with E-state index in [1.165, 1.54) is 19.3 Å². The van der Waals surface area contributed by atoms with Crippen LogP contribution in [0.4, 0.5) is 0 Å². The zero-order valence-electron chi connectivity index (χ0n) is 14.1. The summed E-state index contributed by atoms with van der Waals surface area (Å²) in [7, 11) is 0. The highest BCUT2D eigenvalue weighted by molar-refractivity contribution is 4.60. The van der Waals surface area contributed by atoms with Gasteiger partial charge in [0.25, 0.3) is 0 Å². The molecule has 0 aromatic rings.